The summed E-state index contributed by atoms with van der Waals surface area (Å²) in [6.07, 6.45) is 0. The number of H-pyrrole nitrogens is 1. The van der Waals surface area contributed by atoms with Gasteiger partial charge in [0.05, 0.1) is 0 Å². The lowest BCUT2D eigenvalue weighted by molar-refractivity contribution is 0.174. The van der Waals surface area contributed by atoms with Crippen LogP contribution >= 0.6 is 0 Å². The highest BCUT2D eigenvalue weighted by Gasteiger charge is 2.17. The van der Waals surface area contributed by atoms with E-state index in [4.69, 9.17) is 9.47 Å². The standard InChI is InChI=1S/C23H14N2O3/c24-12-19-18(16-7-8-21-22(10-16)28-13-27-21)11-20(25-23(19)26)17-6-5-14-3-1-2-4-15(14)9-17/h1-11H,13H2,(H,25,26). The summed E-state index contributed by atoms with van der Waals surface area (Å²) in [6, 6.07) is 23.3. The quantitative estimate of drug-likeness (QED) is 0.568. The van der Waals surface area contributed by atoms with Crippen molar-refractivity contribution in [3.05, 3.63) is 82.6 Å². The van der Waals surface area contributed by atoms with E-state index in [0.717, 1.165) is 21.9 Å². The third-order valence-corrected chi connectivity index (χ3v) is 4.89. The van der Waals surface area contributed by atoms with E-state index in [1.165, 1.54) is 0 Å². The van der Waals surface area contributed by atoms with Gasteiger partial charge in [0.1, 0.15) is 11.6 Å². The predicted octanol–water partition coefficient (Wildman–Crippen LogP) is 4.46. The van der Waals surface area contributed by atoms with E-state index >= 15 is 0 Å². The Hall–Kier alpha value is -4.04. The highest BCUT2D eigenvalue weighted by atomic mass is 16.7. The summed E-state index contributed by atoms with van der Waals surface area (Å²) >= 11 is 0. The second-order valence-electron chi connectivity index (χ2n) is 6.54. The Balaban J connectivity index is 1.70. The first kappa shape index (κ1) is 16.2. The molecule has 0 atom stereocenters. The second kappa shape index (κ2) is 6.29. The van der Waals surface area contributed by atoms with E-state index in [-0.39, 0.29) is 12.4 Å². The molecular formula is C23H14N2O3. The molecule has 0 amide bonds. The average Bonchev–Trinajstić information content (AvgIpc) is 3.20. The van der Waals surface area contributed by atoms with E-state index in [1.807, 2.05) is 60.7 Å². The van der Waals surface area contributed by atoms with Crippen molar-refractivity contribution in [3.63, 3.8) is 0 Å². The van der Waals surface area contributed by atoms with Gasteiger partial charge in [-0.15, -0.1) is 0 Å². The van der Waals surface area contributed by atoms with Crippen LogP contribution in [0.25, 0.3) is 33.2 Å². The largest absolute Gasteiger partial charge is 0.454 e. The number of rotatable bonds is 2. The zero-order valence-electron chi connectivity index (χ0n) is 14.7. The van der Waals surface area contributed by atoms with Crippen LogP contribution in [0.2, 0.25) is 0 Å². The van der Waals surface area contributed by atoms with E-state index in [0.29, 0.717) is 22.8 Å². The molecule has 5 rings (SSSR count). The van der Waals surface area contributed by atoms with E-state index in [9.17, 15) is 10.1 Å². The SMILES string of the molecule is N#Cc1c(-c2ccc3c(c2)OCO3)cc(-c2ccc3ccccc3c2)[nH]c1=O. The van der Waals surface area contributed by atoms with Crippen molar-refractivity contribution in [1.29, 1.82) is 5.26 Å². The Morgan fingerprint density at radius 3 is 2.50 bits per heavy atom. The third-order valence-electron chi connectivity index (χ3n) is 4.89. The van der Waals surface area contributed by atoms with Crippen LogP contribution in [0, 0.1) is 11.3 Å². The first-order valence-corrected chi connectivity index (χ1v) is 8.79. The summed E-state index contributed by atoms with van der Waals surface area (Å²) in [7, 11) is 0. The molecule has 1 aliphatic heterocycles. The number of aromatic nitrogens is 1. The van der Waals surface area contributed by atoms with Crippen molar-refractivity contribution >= 4 is 10.8 Å². The lowest BCUT2D eigenvalue weighted by Crippen LogP contribution is -2.12. The van der Waals surface area contributed by atoms with Gasteiger partial charge in [0.2, 0.25) is 6.79 Å². The molecule has 5 heteroatoms. The molecule has 1 aliphatic rings. The summed E-state index contributed by atoms with van der Waals surface area (Å²) in [5.74, 6) is 1.26. The number of aromatic amines is 1. The molecule has 1 aromatic heterocycles. The number of hydrogen-bond acceptors (Lipinski definition) is 4. The van der Waals surface area contributed by atoms with Crippen LogP contribution in [-0.2, 0) is 0 Å². The number of benzene rings is 3. The van der Waals surface area contributed by atoms with Crippen LogP contribution in [0.5, 0.6) is 11.5 Å². The molecule has 28 heavy (non-hydrogen) atoms. The fraction of sp³-hybridized carbons (Fsp3) is 0.0435. The van der Waals surface area contributed by atoms with Gasteiger partial charge in [0, 0.05) is 11.3 Å². The van der Waals surface area contributed by atoms with Crippen LogP contribution in [0.3, 0.4) is 0 Å². The maximum absolute atomic E-state index is 12.6. The minimum atomic E-state index is -0.416. The van der Waals surface area contributed by atoms with Crippen molar-refractivity contribution < 1.29 is 9.47 Å². The Kier molecular flexibility index (Phi) is 3.63. The van der Waals surface area contributed by atoms with Gasteiger partial charge in [-0.05, 0) is 46.2 Å². The van der Waals surface area contributed by atoms with Crippen molar-refractivity contribution in [3.8, 4) is 40.0 Å². The molecule has 134 valence electrons. The minimum Gasteiger partial charge on any atom is -0.454 e. The van der Waals surface area contributed by atoms with Gasteiger partial charge in [0.25, 0.3) is 5.56 Å². The van der Waals surface area contributed by atoms with E-state index < -0.39 is 5.56 Å². The Bertz CT molecular complexity index is 1330. The summed E-state index contributed by atoms with van der Waals surface area (Å²) in [6.45, 7) is 0.168. The summed E-state index contributed by atoms with van der Waals surface area (Å²) in [5, 5.41) is 11.7. The number of ether oxygens (including phenoxy) is 2. The monoisotopic (exact) mass is 366 g/mol. The summed E-state index contributed by atoms with van der Waals surface area (Å²) in [5.41, 5.74) is 2.48. The maximum Gasteiger partial charge on any atom is 0.266 e. The molecule has 1 N–H and O–H groups in total. The van der Waals surface area contributed by atoms with Gasteiger partial charge >= 0.3 is 0 Å². The smallest absolute Gasteiger partial charge is 0.266 e. The highest BCUT2D eigenvalue weighted by molar-refractivity contribution is 5.87. The number of nitrogens with zero attached hydrogens (tertiary/aromatic N) is 1. The van der Waals surface area contributed by atoms with Crippen LogP contribution < -0.4 is 15.0 Å². The second-order valence-corrected chi connectivity index (χ2v) is 6.54. The minimum absolute atomic E-state index is 0.0726. The Morgan fingerprint density at radius 2 is 1.64 bits per heavy atom. The van der Waals surface area contributed by atoms with Crippen LogP contribution in [0.4, 0.5) is 0 Å². The van der Waals surface area contributed by atoms with Gasteiger partial charge in [-0.25, -0.2) is 0 Å². The third kappa shape index (κ3) is 2.60. The molecule has 2 heterocycles. The topological polar surface area (TPSA) is 75.1 Å². The van der Waals surface area contributed by atoms with Crippen molar-refractivity contribution in [2.75, 3.05) is 6.79 Å². The average molecular weight is 366 g/mol. The van der Waals surface area contributed by atoms with Crippen LogP contribution in [0.1, 0.15) is 5.56 Å². The fourth-order valence-corrected chi connectivity index (χ4v) is 3.47. The number of nitrogens with one attached hydrogen (secondary N) is 1. The molecule has 4 aromatic rings. The van der Waals surface area contributed by atoms with Gasteiger partial charge in [-0.2, -0.15) is 5.26 Å². The molecule has 0 unspecified atom stereocenters. The van der Waals surface area contributed by atoms with Gasteiger partial charge < -0.3 is 14.5 Å². The normalized spacial score (nSPS) is 12.1. The zero-order chi connectivity index (χ0) is 19.1. The van der Waals surface area contributed by atoms with Crippen molar-refractivity contribution in [2.45, 2.75) is 0 Å². The van der Waals surface area contributed by atoms with Crippen molar-refractivity contribution in [1.82, 2.24) is 4.98 Å². The summed E-state index contributed by atoms with van der Waals surface area (Å²) < 4.78 is 10.8. The molecule has 5 nitrogen and oxygen atoms in total. The number of nitriles is 1. The van der Waals surface area contributed by atoms with Crippen LogP contribution in [0.15, 0.2) is 71.5 Å². The van der Waals surface area contributed by atoms with Crippen molar-refractivity contribution in [2.24, 2.45) is 0 Å². The molecule has 0 saturated carbocycles. The van der Waals surface area contributed by atoms with E-state index in [2.05, 4.69) is 4.98 Å². The molecule has 3 aromatic carbocycles. The number of pyridine rings is 1. The molecule has 0 bridgehead atoms. The first-order valence-electron chi connectivity index (χ1n) is 8.79. The fourth-order valence-electron chi connectivity index (χ4n) is 3.47. The molecule has 0 radical (unpaired) electrons. The van der Waals surface area contributed by atoms with E-state index in [1.54, 1.807) is 12.1 Å². The molecule has 0 fully saturated rings. The zero-order valence-corrected chi connectivity index (χ0v) is 14.7. The Labute approximate surface area is 160 Å². The lowest BCUT2D eigenvalue weighted by Gasteiger charge is -2.10. The molecular weight excluding hydrogens is 352 g/mol. The lowest BCUT2D eigenvalue weighted by atomic mass is 9.98. The molecule has 0 spiro atoms. The predicted molar refractivity (Wildman–Crippen MR) is 106 cm³/mol. The Morgan fingerprint density at radius 1 is 0.857 bits per heavy atom. The molecule has 0 saturated heterocycles. The number of fused-ring (bicyclic) bond motifs is 2. The van der Waals surface area contributed by atoms with Gasteiger partial charge in [0.15, 0.2) is 11.5 Å². The van der Waals surface area contributed by atoms with Gasteiger partial charge in [-0.1, -0.05) is 42.5 Å². The number of hydrogen-bond donors (Lipinski definition) is 1. The maximum atomic E-state index is 12.6. The van der Waals surface area contributed by atoms with Gasteiger partial charge in [-0.3, -0.25) is 4.79 Å². The summed E-state index contributed by atoms with van der Waals surface area (Å²) in [4.78, 5) is 15.4. The first-order chi connectivity index (χ1) is 13.7. The highest BCUT2D eigenvalue weighted by Crippen LogP contribution is 2.37. The molecule has 0 aliphatic carbocycles. The van der Waals surface area contributed by atoms with Crippen LogP contribution in [-0.4, -0.2) is 11.8 Å².